The molecule has 0 aromatic heterocycles. The van der Waals surface area contributed by atoms with Crippen LogP contribution in [-0.2, 0) is 4.79 Å². The second kappa shape index (κ2) is 8.58. The Balaban J connectivity index is 0. The van der Waals surface area contributed by atoms with Gasteiger partial charge in [-0.3, -0.25) is 0 Å². The normalized spacial score (nSPS) is 10.5. The van der Waals surface area contributed by atoms with E-state index in [4.69, 9.17) is 10.2 Å². The average Bonchev–Trinajstić information content (AvgIpc) is 2.05. The molecule has 0 aliphatic heterocycles. The molecule has 0 aliphatic rings. The van der Waals surface area contributed by atoms with Gasteiger partial charge in [-0.1, -0.05) is 30.3 Å². The fraction of sp³-hybridized carbons (Fsp3) is 0.125. The predicted octanol–water partition coefficient (Wildman–Crippen LogP) is -0.492. The molecule has 0 saturated heterocycles. The quantitative estimate of drug-likeness (QED) is 0.656. The maximum absolute atomic E-state index is 10.2. The molecule has 1 atom stereocenters. The number of aliphatic hydroxyl groups is 1. The summed E-state index contributed by atoms with van der Waals surface area (Å²) in [6, 6.07) is 8.26. The van der Waals surface area contributed by atoms with E-state index in [1.54, 1.807) is 30.3 Å². The summed E-state index contributed by atoms with van der Waals surface area (Å²) >= 11 is 0. The summed E-state index contributed by atoms with van der Waals surface area (Å²) in [7, 11) is 0. The minimum absolute atomic E-state index is 0. The van der Waals surface area contributed by atoms with Crippen LogP contribution < -0.4 is 0 Å². The molecule has 1 aromatic carbocycles. The number of carboxylic acids is 1. The number of rotatable bonds is 2. The Bertz CT molecular complexity index is 253. The summed E-state index contributed by atoms with van der Waals surface area (Å²) in [6.07, 6.45) is -1.41. The van der Waals surface area contributed by atoms with E-state index < -0.39 is 12.1 Å². The number of hydrogen-bond acceptors (Lipinski definition) is 2. The number of hydrogen-bond donors (Lipinski definition) is 2. The Morgan fingerprint density at radius 1 is 1.23 bits per heavy atom. The van der Waals surface area contributed by atoms with E-state index in [0.717, 1.165) is 0 Å². The second-order valence-electron chi connectivity index (χ2n) is 2.15. The monoisotopic (exact) mass is 216 g/mol. The Kier molecular flexibility index (Phi) is 11.0. The topological polar surface area (TPSA) is 57.5 Å². The zero-order chi connectivity index (χ0) is 8.27. The van der Waals surface area contributed by atoms with Crippen molar-refractivity contribution < 1.29 is 15.0 Å². The van der Waals surface area contributed by atoms with Gasteiger partial charge in [-0.2, -0.15) is 0 Å². The van der Waals surface area contributed by atoms with Gasteiger partial charge in [0.25, 0.3) is 0 Å². The molecular weight excluding hydrogens is 206 g/mol. The van der Waals surface area contributed by atoms with Crippen molar-refractivity contribution in [3.8, 4) is 0 Å². The molecule has 0 saturated carbocycles. The molecular formula is C8H10KNaO3. The van der Waals surface area contributed by atoms with Crippen LogP contribution in [0.15, 0.2) is 30.3 Å². The van der Waals surface area contributed by atoms with Gasteiger partial charge >= 0.3 is 86.9 Å². The van der Waals surface area contributed by atoms with Gasteiger partial charge in [-0.25, -0.2) is 4.79 Å². The minimum atomic E-state index is -1.41. The third kappa shape index (κ3) is 5.66. The summed E-state index contributed by atoms with van der Waals surface area (Å²) in [5.41, 5.74) is 0.403. The maximum atomic E-state index is 10.2. The van der Waals surface area contributed by atoms with E-state index in [1.807, 2.05) is 0 Å². The van der Waals surface area contributed by atoms with Gasteiger partial charge in [-0.15, -0.1) is 0 Å². The van der Waals surface area contributed by atoms with Gasteiger partial charge in [0.1, 0.15) is 0 Å². The van der Waals surface area contributed by atoms with Crippen molar-refractivity contribution >= 4 is 86.9 Å². The molecule has 0 bridgehead atoms. The molecule has 2 N–H and O–H groups in total. The van der Waals surface area contributed by atoms with Crippen molar-refractivity contribution in [2.75, 3.05) is 0 Å². The summed E-state index contributed by atoms with van der Waals surface area (Å²) in [4.78, 5) is 10.2. The predicted molar refractivity (Wildman–Crippen MR) is 53.3 cm³/mol. The number of carboxylic acid groups (broad SMARTS) is 1. The van der Waals surface area contributed by atoms with Crippen LogP contribution in [0.2, 0.25) is 0 Å². The third-order valence-electron chi connectivity index (χ3n) is 1.35. The van der Waals surface area contributed by atoms with Crippen molar-refractivity contribution in [1.82, 2.24) is 0 Å². The van der Waals surface area contributed by atoms with E-state index in [0.29, 0.717) is 5.56 Å². The van der Waals surface area contributed by atoms with Crippen LogP contribution in [-0.4, -0.2) is 97.1 Å². The first-order valence-corrected chi connectivity index (χ1v) is 3.17. The number of aliphatic hydroxyl groups excluding tert-OH is 1. The molecule has 0 aliphatic carbocycles. The molecule has 5 heteroatoms. The molecule has 0 amide bonds. The molecule has 3 nitrogen and oxygen atoms in total. The molecule has 0 radical (unpaired) electrons. The zero-order valence-corrected chi connectivity index (χ0v) is 5.77. The van der Waals surface area contributed by atoms with Crippen LogP contribution in [0.1, 0.15) is 11.7 Å². The summed E-state index contributed by atoms with van der Waals surface area (Å²) in [6.45, 7) is 0. The number of benzene rings is 1. The number of carbonyl (C=O) groups is 1. The van der Waals surface area contributed by atoms with E-state index in [1.165, 1.54) is 0 Å². The molecule has 1 rings (SSSR count). The molecule has 0 heterocycles. The molecule has 0 unspecified atom stereocenters. The summed E-state index contributed by atoms with van der Waals surface area (Å²) in [5, 5.41) is 17.4. The van der Waals surface area contributed by atoms with Crippen molar-refractivity contribution in [3.05, 3.63) is 35.9 Å². The molecule has 13 heavy (non-hydrogen) atoms. The van der Waals surface area contributed by atoms with Gasteiger partial charge in [0.15, 0.2) is 6.10 Å². The fourth-order valence-corrected chi connectivity index (χ4v) is 0.778. The van der Waals surface area contributed by atoms with Gasteiger partial charge < -0.3 is 10.2 Å². The standard InChI is InChI=1S/C8H8O3.K.Na.2H/c9-7(8(10)11)6-4-2-1-3-5-6;;;;/h1-5,7,9H,(H,10,11);;;;/t7-;;;;/m1..../s1. The van der Waals surface area contributed by atoms with Crippen LogP contribution in [0, 0.1) is 0 Å². The SMILES string of the molecule is O=C(O)[C@H](O)c1ccccc1.[KH].[NaH]. The first kappa shape index (κ1) is 16.7. The Morgan fingerprint density at radius 2 is 1.69 bits per heavy atom. The van der Waals surface area contributed by atoms with Gasteiger partial charge in [-0.05, 0) is 5.56 Å². The summed E-state index contributed by atoms with van der Waals surface area (Å²) in [5.74, 6) is -1.23. The van der Waals surface area contributed by atoms with Crippen molar-refractivity contribution in [1.29, 1.82) is 0 Å². The van der Waals surface area contributed by atoms with E-state index in [9.17, 15) is 4.79 Å². The first-order valence-electron chi connectivity index (χ1n) is 3.17. The molecule has 0 fully saturated rings. The van der Waals surface area contributed by atoms with Crippen LogP contribution in [0.5, 0.6) is 0 Å². The second-order valence-corrected chi connectivity index (χ2v) is 2.15. The fourth-order valence-electron chi connectivity index (χ4n) is 0.778. The van der Waals surface area contributed by atoms with E-state index in [-0.39, 0.29) is 80.9 Å². The van der Waals surface area contributed by atoms with Crippen LogP contribution in [0.3, 0.4) is 0 Å². The Hall–Kier alpha value is 1.29. The summed E-state index contributed by atoms with van der Waals surface area (Å²) < 4.78 is 0. The molecule has 0 spiro atoms. The van der Waals surface area contributed by atoms with Crippen LogP contribution in [0.4, 0.5) is 0 Å². The zero-order valence-electron chi connectivity index (χ0n) is 5.77. The van der Waals surface area contributed by atoms with Gasteiger partial charge in [0.05, 0.1) is 0 Å². The average molecular weight is 216 g/mol. The van der Waals surface area contributed by atoms with Crippen LogP contribution in [0.25, 0.3) is 0 Å². The molecule has 62 valence electrons. The molecule has 1 aromatic rings. The third-order valence-corrected chi connectivity index (χ3v) is 1.35. The van der Waals surface area contributed by atoms with Crippen molar-refractivity contribution in [3.63, 3.8) is 0 Å². The number of aliphatic carboxylic acids is 1. The van der Waals surface area contributed by atoms with Gasteiger partial charge in [0, 0.05) is 0 Å². The van der Waals surface area contributed by atoms with E-state index >= 15 is 0 Å². The first-order chi connectivity index (χ1) is 5.22. The van der Waals surface area contributed by atoms with Crippen molar-refractivity contribution in [2.45, 2.75) is 6.10 Å². The Labute approximate surface area is 141 Å². The van der Waals surface area contributed by atoms with Crippen LogP contribution >= 0.6 is 0 Å². The van der Waals surface area contributed by atoms with Gasteiger partial charge in [0.2, 0.25) is 0 Å². The van der Waals surface area contributed by atoms with Crippen molar-refractivity contribution in [2.24, 2.45) is 0 Å². The Morgan fingerprint density at radius 3 is 2.08 bits per heavy atom. The van der Waals surface area contributed by atoms with E-state index in [2.05, 4.69) is 0 Å².